The Kier molecular flexibility index (Phi) is 5.91. The van der Waals surface area contributed by atoms with Crippen LogP contribution < -0.4 is 10.6 Å². The summed E-state index contributed by atoms with van der Waals surface area (Å²) in [5.74, 6) is 0.494. The van der Waals surface area contributed by atoms with Gasteiger partial charge in [-0.2, -0.15) is 5.10 Å². The number of nitrogens with one attached hydrogen (secondary N) is 2. The Bertz CT molecular complexity index is 597. The third-order valence-electron chi connectivity index (χ3n) is 2.96. The second-order valence-electron chi connectivity index (χ2n) is 4.77. The van der Waals surface area contributed by atoms with E-state index < -0.39 is 0 Å². The Labute approximate surface area is 129 Å². The third-order valence-corrected chi connectivity index (χ3v) is 2.96. The monoisotopic (exact) mass is 303 g/mol. The van der Waals surface area contributed by atoms with E-state index in [1.165, 1.54) is 0 Å². The summed E-state index contributed by atoms with van der Waals surface area (Å²) in [6.07, 6.45) is 4.44. The number of amides is 2. The molecule has 0 aromatic carbocycles. The van der Waals surface area contributed by atoms with Crippen molar-refractivity contribution in [2.75, 3.05) is 25.1 Å². The third kappa shape index (κ3) is 4.56. The Hall–Kier alpha value is -2.41. The first-order chi connectivity index (χ1) is 10.7. The standard InChI is InChI=1S/C15H21N5O2/c1-3-8-22-9-7-17-15(21)18-14-10-13(20(2)19-14)12-5-4-6-16-11-12/h4-6,10-11H,3,7-9H2,1-2H3,(H2,17,18,19,21). The number of pyridine rings is 1. The van der Waals surface area contributed by atoms with Crippen molar-refractivity contribution < 1.29 is 9.53 Å². The summed E-state index contributed by atoms with van der Waals surface area (Å²) in [6.45, 7) is 3.72. The van der Waals surface area contributed by atoms with Gasteiger partial charge in [-0.1, -0.05) is 6.92 Å². The van der Waals surface area contributed by atoms with E-state index in [0.717, 1.165) is 17.7 Å². The average Bonchev–Trinajstić information content (AvgIpc) is 2.88. The highest BCUT2D eigenvalue weighted by atomic mass is 16.5. The van der Waals surface area contributed by atoms with Crippen molar-refractivity contribution in [2.45, 2.75) is 13.3 Å². The van der Waals surface area contributed by atoms with Crippen molar-refractivity contribution in [1.82, 2.24) is 20.1 Å². The average molecular weight is 303 g/mol. The van der Waals surface area contributed by atoms with E-state index in [0.29, 0.717) is 25.6 Å². The van der Waals surface area contributed by atoms with E-state index in [-0.39, 0.29) is 6.03 Å². The zero-order valence-corrected chi connectivity index (χ0v) is 12.9. The molecule has 118 valence electrons. The van der Waals surface area contributed by atoms with Gasteiger partial charge in [-0.15, -0.1) is 0 Å². The van der Waals surface area contributed by atoms with Crippen molar-refractivity contribution >= 4 is 11.8 Å². The molecule has 7 nitrogen and oxygen atoms in total. The van der Waals surface area contributed by atoms with Crippen molar-refractivity contribution in [3.8, 4) is 11.3 Å². The van der Waals surface area contributed by atoms with Gasteiger partial charge in [0.25, 0.3) is 0 Å². The Morgan fingerprint density at radius 3 is 3.00 bits per heavy atom. The zero-order valence-electron chi connectivity index (χ0n) is 12.9. The lowest BCUT2D eigenvalue weighted by atomic mass is 10.2. The van der Waals surface area contributed by atoms with E-state index in [4.69, 9.17) is 4.74 Å². The fourth-order valence-electron chi connectivity index (χ4n) is 1.96. The maximum atomic E-state index is 11.8. The van der Waals surface area contributed by atoms with Crippen LogP contribution in [0.5, 0.6) is 0 Å². The number of rotatable bonds is 7. The van der Waals surface area contributed by atoms with E-state index >= 15 is 0 Å². The number of urea groups is 1. The van der Waals surface area contributed by atoms with Gasteiger partial charge < -0.3 is 10.1 Å². The number of carbonyl (C=O) groups is 1. The highest BCUT2D eigenvalue weighted by Crippen LogP contribution is 2.20. The summed E-state index contributed by atoms with van der Waals surface area (Å²) in [5, 5.41) is 9.70. The number of hydrogen-bond acceptors (Lipinski definition) is 4. The lowest BCUT2D eigenvalue weighted by molar-refractivity contribution is 0.137. The molecule has 7 heteroatoms. The summed E-state index contributed by atoms with van der Waals surface area (Å²) in [4.78, 5) is 15.8. The molecule has 0 radical (unpaired) electrons. The molecule has 0 fully saturated rings. The number of carbonyl (C=O) groups excluding carboxylic acids is 1. The van der Waals surface area contributed by atoms with Crippen molar-refractivity contribution in [2.24, 2.45) is 7.05 Å². The van der Waals surface area contributed by atoms with Crippen LogP contribution >= 0.6 is 0 Å². The Balaban J connectivity index is 1.87. The maximum Gasteiger partial charge on any atom is 0.320 e. The highest BCUT2D eigenvalue weighted by Gasteiger charge is 2.09. The van der Waals surface area contributed by atoms with E-state index in [1.54, 1.807) is 17.1 Å². The second-order valence-corrected chi connectivity index (χ2v) is 4.77. The van der Waals surface area contributed by atoms with Crippen LogP contribution in [0.25, 0.3) is 11.3 Å². The molecular formula is C15H21N5O2. The van der Waals surface area contributed by atoms with Crippen molar-refractivity contribution in [3.05, 3.63) is 30.6 Å². The summed E-state index contributed by atoms with van der Waals surface area (Å²) < 4.78 is 7.00. The summed E-state index contributed by atoms with van der Waals surface area (Å²) in [5.41, 5.74) is 1.83. The van der Waals surface area contributed by atoms with Gasteiger partial charge in [0.05, 0.1) is 12.3 Å². The lowest BCUT2D eigenvalue weighted by Crippen LogP contribution is -2.31. The molecule has 0 spiro atoms. The molecule has 0 unspecified atom stereocenters. The first-order valence-electron chi connectivity index (χ1n) is 7.27. The fraction of sp³-hybridized carbons (Fsp3) is 0.400. The van der Waals surface area contributed by atoms with Gasteiger partial charge in [-0.05, 0) is 18.6 Å². The molecule has 0 aliphatic heterocycles. The normalized spacial score (nSPS) is 10.5. The van der Waals surface area contributed by atoms with Crippen LogP contribution in [0.15, 0.2) is 30.6 Å². The van der Waals surface area contributed by atoms with Crippen LogP contribution in [0.2, 0.25) is 0 Å². The topological polar surface area (TPSA) is 81.1 Å². The van der Waals surface area contributed by atoms with Gasteiger partial charge in [0.2, 0.25) is 0 Å². The van der Waals surface area contributed by atoms with Gasteiger partial charge in [-0.25, -0.2) is 4.79 Å². The molecule has 2 N–H and O–H groups in total. The molecule has 0 saturated carbocycles. The molecule has 0 bridgehead atoms. The predicted octanol–water partition coefficient (Wildman–Crippen LogP) is 2.03. The van der Waals surface area contributed by atoms with Gasteiger partial charge in [0, 0.05) is 44.2 Å². The Morgan fingerprint density at radius 2 is 2.27 bits per heavy atom. The second kappa shape index (κ2) is 8.14. The number of aromatic nitrogens is 3. The molecule has 0 saturated heterocycles. The number of nitrogens with zero attached hydrogens (tertiary/aromatic N) is 3. The van der Waals surface area contributed by atoms with Crippen LogP contribution in [-0.2, 0) is 11.8 Å². The molecule has 2 aromatic rings. The van der Waals surface area contributed by atoms with Gasteiger partial charge in [-0.3, -0.25) is 15.0 Å². The SMILES string of the molecule is CCCOCCNC(=O)Nc1cc(-c2cccnc2)n(C)n1. The van der Waals surface area contributed by atoms with Crippen LogP contribution in [0.3, 0.4) is 0 Å². The van der Waals surface area contributed by atoms with Crippen LogP contribution in [-0.4, -0.2) is 40.6 Å². The fourth-order valence-corrected chi connectivity index (χ4v) is 1.96. The van der Waals surface area contributed by atoms with Gasteiger partial charge in [0.15, 0.2) is 5.82 Å². The Morgan fingerprint density at radius 1 is 1.41 bits per heavy atom. The first-order valence-corrected chi connectivity index (χ1v) is 7.27. The molecule has 22 heavy (non-hydrogen) atoms. The highest BCUT2D eigenvalue weighted by molar-refractivity contribution is 5.88. The van der Waals surface area contributed by atoms with Crippen LogP contribution in [0.4, 0.5) is 10.6 Å². The van der Waals surface area contributed by atoms with E-state index in [2.05, 4.69) is 20.7 Å². The summed E-state index contributed by atoms with van der Waals surface area (Å²) >= 11 is 0. The summed E-state index contributed by atoms with van der Waals surface area (Å²) in [7, 11) is 1.82. The van der Waals surface area contributed by atoms with Crippen molar-refractivity contribution in [1.29, 1.82) is 0 Å². The largest absolute Gasteiger partial charge is 0.380 e. The van der Waals surface area contributed by atoms with E-state index in [9.17, 15) is 4.79 Å². The molecule has 0 aliphatic rings. The molecule has 2 amide bonds. The van der Waals surface area contributed by atoms with Gasteiger partial charge >= 0.3 is 6.03 Å². The van der Waals surface area contributed by atoms with E-state index in [1.807, 2.05) is 32.2 Å². The van der Waals surface area contributed by atoms with Crippen LogP contribution in [0, 0.1) is 0 Å². The molecule has 0 atom stereocenters. The zero-order chi connectivity index (χ0) is 15.8. The van der Waals surface area contributed by atoms with Gasteiger partial charge in [0.1, 0.15) is 0 Å². The number of anilines is 1. The minimum atomic E-state index is -0.295. The number of aryl methyl sites for hydroxylation is 1. The minimum Gasteiger partial charge on any atom is -0.380 e. The first kappa shape index (κ1) is 16.0. The quantitative estimate of drug-likeness (QED) is 0.767. The lowest BCUT2D eigenvalue weighted by Gasteiger charge is -2.05. The smallest absolute Gasteiger partial charge is 0.320 e. The summed E-state index contributed by atoms with van der Waals surface area (Å²) in [6, 6.07) is 5.32. The predicted molar refractivity (Wildman–Crippen MR) is 84.6 cm³/mol. The van der Waals surface area contributed by atoms with Crippen LogP contribution in [0.1, 0.15) is 13.3 Å². The maximum absolute atomic E-state index is 11.8. The number of hydrogen-bond donors (Lipinski definition) is 2. The molecule has 2 rings (SSSR count). The number of ether oxygens (including phenoxy) is 1. The molecule has 2 heterocycles. The molecular weight excluding hydrogens is 282 g/mol. The van der Waals surface area contributed by atoms with Crippen molar-refractivity contribution in [3.63, 3.8) is 0 Å². The molecule has 0 aliphatic carbocycles. The minimum absolute atomic E-state index is 0.295. The molecule has 2 aromatic heterocycles.